The fraction of sp³-hybridized carbons (Fsp3) is 0.312. The van der Waals surface area contributed by atoms with E-state index >= 15 is 0 Å². The molecule has 21 heavy (non-hydrogen) atoms. The molecule has 0 spiro atoms. The van der Waals surface area contributed by atoms with Crippen LogP contribution in [0.3, 0.4) is 0 Å². The van der Waals surface area contributed by atoms with Crippen molar-refractivity contribution >= 4 is 28.1 Å². The van der Waals surface area contributed by atoms with Crippen LogP contribution in [0.1, 0.15) is 23.9 Å². The van der Waals surface area contributed by atoms with Crippen LogP contribution >= 0.6 is 11.3 Å². The van der Waals surface area contributed by atoms with Gasteiger partial charge in [-0.2, -0.15) is 0 Å². The number of nitrogens with zero attached hydrogens (tertiary/aromatic N) is 3. The van der Waals surface area contributed by atoms with E-state index in [0.717, 1.165) is 51.0 Å². The van der Waals surface area contributed by atoms with Crippen LogP contribution in [-0.2, 0) is 0 Å². The fourth-order valence-corrected chi connectivity index (χ4v) is 2.96. The van der Waals surface area contributed by atoms with Gasteiger partial charge in [0.05, 0.1) is 15.4 Å². The molecule has 0 amide bonds. The Hall–Kier alpha value is -2.01. The minimum Gasteiger partial charge on any atom is -0.369 e. The lowest BCUT2D eigenvalue weighted by Crippen LogP contribution is -2.05. The molecule has 0 radical (unpaired) electrons. The molecule has 0 unspecified atom stereocenters. The zero-order valence-electron chi connectivity index (χ0n) is 12.5. The smallest absolute Gasteiger partial charge is 0.173 e. The Morgan fingerprint density at radius 1 is 1.19 bits per heavy atom. The van der Waals surface area contributed by atoms with Gasteiger partial charge in [-0.1, -0.05) is 19.1 Å². The van der Waals surface area contributed by atoms with Crippen molar-refractivity contribution in [2.24, 2.45) is 0 Å². The number of thiazole rings is 1. The molecule has 2 aromatic heterocycles. The first kappa shape index (κ1) is 13.9. The lowest BCUT2D eigenvalue weighted by atomic mass is 10.1. The van der Waals surface area contributed by atoms with Crippen LogP contribution < -0.4 is 5.32 Å². The molecule has 0 aliphatic heterocycles. The van der Waals surface area contributed by atoms with Crippen molar-refractivity contribution in [2.45, 2.75) is 27.2 Å². The van der Waals surface area contributed by atoms with Gasteiger partial charge in [0.15, 0.2) is 5.82 Å². The largest absolute Gasteiger partial charge is 0.369 e. The highest BCUT2D eigenvalue weighted by molar-refractivity contribution is 7.14. The topological polar surface area (TPSA) is 50.7 Å². The SMILES string of the molecule is CCCNc1nc(-c2cnc(C)s2)nc2c(C)cccc12. The number of nitrogens with one attached hydrogen (secondary N) is 1. The van der Waals surface area contributed by atoms with Crippen LogP contribution in [0.15, 0.2) is 24.4 Å². The van der Waals surface area contributed by atoms with Gasteiger partial charge < -0.3 is 5.32 Å². The molecule has 0 saturated carbocycles. The van der Waals surface area contributed by atoms with E-state index in [0.29, 0.717) is 0 Å². The quantitative estimate of drug-likeness (QED) is 0.784. The molecule has 0 fully saturated rings. The number of hydrogen-bond donors (Lipinski definition) is 1. The number of aromatic nitrogens is 3. The van der Waals surface area contributed by atoms with Gasteiger partial charge in [0, 0.05) is 18.1 Å². The summed E-state index contributed by atoms with van der Waals surface area (Å²) in [5.74, 6) is 1.66. The van der Waals surface area contributed by atoms with Crippen molar-refractivity contribution in [1.82, 2.24) is 15.0 Å². The summed E-state index contributed by atoms with van der Waals surface area (Å²) < 4.78 is 0. The molecule has 5 heteroatoms. The predicted molar refractivity (Wildman–Crippen MR) is 88.9 cm³/mol. The summed E-state index contributed by atoms with van der Waals surface area (Å²) in [4.78, 5) is 14.8. The minimum absolute atomic E-state index is 0.751. The summed E-state index contributed by atoms with van der Waals surface area (Å²) in [7, 11) is 0. The van der Waals surface area contributed by atoms with E-state index in [2.05, 4.69) is 42.3 Å². The average molecular weight is 298 g/mol. The molecule has 3 aromatic rings. The van der Waals surface area contributed by atoms with E-state index in [1.165, 1.54) is 0 Å². The molecule has 0 bridgehead atoms. The highest BCUT2D eigenvalue weighted by Crippen LogP contribution is 2.29. The zero-order chi connectivity index (χ0) is 14.8. The number of para-hydroxylation sites is 1. The third-order valence-corrected chi connectivity index (χ3v) is 4.22. The van der Waals surface area contributed by atoms with E-state index in [9.17, 15) is 0 Å². The number of aryl methyl sites for hydroxylation is 2. The van der Waals surface area contributed by atoms with E-state index in [1.54, 1.807) is 11.3 Å². The molecule has 1 N–H and O–H groups in total. The van der Waals surface area contributed by atoms with Crippen molar-refractivity contribution in [3.05, 3.63) is 35.0 Å². The third kappa shape index (κ3) is 2.74. The highest BCUT2D eigenvalue weighted by Gasteiger charge is 2.12. The van der Waals surface area contributed by atoms with Gasteiger partial charge >= 0.3 is 0 Å². The molecule has 0 aliphatic rings. The molecule has 0 atom stereocenters. The molecule has 2 heterocycles. The number of anilines is 1. The van der Waals surface area contributed by atoms with E-state index in [4.69, 9.17) is 9.97 Å². The first-order valence-electron chi connectivity index (χ1n) is 7.13. The van der Waals surface area contributed by atoms with E-state index in [1.807, 2.05) is 13.1 Å². The van der Waals surface area contributed by atoms with E-state index in [-0.39, 0.29) is 0 Å². The maximum Gasteiger partial charge on any atom is 0.173 e. The van der Waals surface area contributed by atoms with Crippen molar-refractivity contribution in [3.63, 3.8) is 0 Å². The molecule has 0 saturated heterocycles. The molecule has 3 rings (SSSR count). The van der Waals surface area contributed by atoms with Crippen LogP contribution in [0.5, 0.6) is 0 Å². The standard InChI is InChI=1S/C16H18N4S/c1-4-8-17-15-12-7-5-6-10(2)14(12)19-16(20-15)13-9-18-11(3)21-13/h5-7,9H,4,8H2,1-3H3,(H,17,19,20). The first-order valence-corrected chi connectivity index (χ1v) is 7.94. The Balaban J connectivity index is 2.20. The second kappa shape index (κ2) is 5.77. The molecular weight excluding hydrogens is 280 g/mol. The van der Waals surface area contributed by atoms with Crippen LogP contribution in [-0.4, -0.2) is 21.5 Å². The molecular formula is C16H18N4S. The van der Waals surface area contributed by atoms with Gasteiger partial charge in [0.2, 0.25) is 0 Å². The second-order valence-electron chi connectivity index (χ2n) is 5.04. The predicted octanol–water partition coefficient (Wildman–Crippen LogP) is 4.19. The van der Waals surface area contributed by atoms with Crippen LogP contribution in [0.2, 0.25) is 0 Å². The van der Waals surface area contributed by atoms with Gasteiger partial charge in [-0.15, -0.1) is 11.3 Å². The Bertz CT molecular complexity index is 779. The minimum atomic E-state index is 0.751. The highest BCUT2D eigenvalue weighted by atomic mass is 32.1. The molecule has 0 aliphatic carbocycles. The maximum atomic E-state index is 4.75. The lowest BCUT2D eigenvalue weighted by molar-refractivity contribution is 0.970. The Labute approximate surface area is 128 Å². The van der Waals surface area contributed by atoms with Gasteiger partial charge in [0.1, 0.15) is 5.82 Å². The fourth-order valence-electron chi connectivity index (χ4n) is 2.25. The summed E-state index contributed by atoms with van der Waals surface area (Å²) >= 11 is 1.62. The second-order valence-corrected chi connectivity index (χ2v) is 6.27. The van der Waals surface area contributed by atoms with Crippen LogP contribution in [0, 0.1) is 13.8 Å². The number of benzene rings is 1. The summed E-state index contributed by atoms with van der Waals surface area (Å²) in [6, 6.07) is 6.21. The summed E-state index contributed by atoms with van der Waals surface area (Å²) in [5, 5.41) is 5.52. The summed E-state index contributed by atoms with van der Waals surface area (Å²) in [6.07, 6.45) is 2.91. The normalized spacial score (nSPS) is 11.0. The third-order valence-electron chi connectivity index (χ3n) is 3.31. The maximum absolute atomic E-state index is 4.75. The van der Waals surface area contributed by atoms with Crippen molar-refractivity contribution < 1.29 is 0 Å². The molecule has 4 nitrogen and oxygen atoms in total. The number of fused-ring (bicyclic) bond motifs is 1. The first-order chi connectivity index (χ1) is 10.2. The summed E-state index contributed by atoms with van der Waals surface area (Å²) in [5.41, 5.74) is 2.17. The number of hydrogen-bond acceptors (Lipinski definition) is 5. The van der Waals surface area contributed by atoms with Gasteiger partial charge in [-0.05, 0) is 31.9 Å². The lowest BCUT2D eigenvalue weighted by Gasteiger charge is -2.10. The number of rotatable bonds is 4. The van der Waals surface area contributed by atoms with Gasteiger partial charge in [-0.3, -0.25) is 0 Å². The van der Waals surface area contributed by atoms with Crippen molar-refractivity contribution in [1.29, 1.82) is 0 Å². The molecule has 108 valence electrons. The van der Waals surface area contributed by atoms with Crippen LogP contribution in [0.4, 0.5) is 5.82 Å². The Kier molecular flexibility index (Phi) is 3.84. The molecule has 1 aromatic carbocycles. The van der Waals surface area contributed by atoms with Crippen molar-refractivity contribution in [2.75, 3.05) is 11.9 Å². The van der Waals surface area contributed by atoms with Gasteiger partial charge in [0.25, 0.3) is 0 Å². The summed E-state index contributed by atoms with van der Waals surface area (Å²) in [6.45, 7) is 7.13. The van der Waals surface area contributed by atoms with E-state index < -0.39 is 0 Å². The van der Waals surface area contributed by atoms with Crippen LogP contribution in [0.25, 0.3) is 21.6 Å². The van der Waals surface area contributed by atoms with Gasteiger partial charge in [-0.25, -0.2) is 15.0 Å². The Morgan fingerprint density at radius 2 is 2.05 bits per heavy atom. The Morgan fingerprint density at radius 3 is 2.76 bits per heavy atom. The zero-order valence-corrected chi connectivity index (χ0v) is 13.3. The van der Waals surface area contributed by atoms with Crippen molar-refractivity contribution in [3.8, 4) is 10.7 Å². The average Bonchev–Trinajstić information content (AvgIpc) is 2.92. The monoisotopic (exact) mass is 298 g/mol.